The van der Waals surface area contributed by atoms with Gasteiger partial charge in [0.1, 0.15) is 0 Å². The first kappa shape index (κ1) is 14.0. The van der Waals surface area contributed by atoms with Gasteiger partial charge in [-0.1, -0.05) is 15.9 Å². The summed E-state index contributed by atoms with van der Waals surface area (Å²) in [4.78, 5) is 0. The number of rotatable bonds is 4. The molecule has 0 spiro atoms. The summed E-state index contributed by atoms with van der Waals surface area (Å²) in [5.74, 6) is 5.72. The zero-order valence-corrected chi connectivity index (χ0v) is 13.6. The highest BCUT2D eigenvalue weighted by Gasteiger charge is 2.19. The Balaban J connectivity index is 2.48. The van der Waals surface area contributed by atoms with Gasteiger partial charge in [0.2, 0.25) is 0 Å². The van der Waals surface area contributed by atoms with Crippen LogP contribution in [-0.2, 0) is 6.54 Å². The van der Waals surface area contributed by atoms with Gasteiger partial charge in [0.25, 0.3) is 0 Å². The molecule has 2 aromatic rings. The molecule has 1 atom stereocenters. The largest absolute Gasteiger partial charge is 0.271 e. The minimum atomic E-state index is -0.0726. The Labute approximate surface area is 128 Å². The minimum Gasteiger partial charge on any atom is -0.271 e. The number of hydrogen-bond donors (Lipinski definition) is 2. The molecule has 0 saturated heterocycles. The number of hydrazine groups is 1. The van der Waals surface area contributed by atoms with E-state index in [1.807, 2.05) is 16.8 Å². The van der Waals surface area contributed by atoms with Crippen molar-refractivity contribution in [3.63, 3.8) is 0 Å². The summed E-state index contributed by atoms with van der Waals surface area (Å²) < 4.78 is 4.15. The quantitative estimate of drug-likeness (QED) is 0.454. The van der Waals surface area contributed by atoms with Crippen LogP contribution in [-0.4, -0.2) is 9.78 Å². The number of nitrogens with one attached hydrogen (secondary N) is 1. The molecular formula is C12H14BrIN4. The summed E-state index contributed by atoms with van der Waals surface area (Å²) in [5, 5.41) is 4.29. The third kappa shape index (κ3) is 2.76. The van der Waals surface area contributed by atoms with Gasteiger partial charge in [-0.25, -0.2) is 5.43 Å². The Morgan fingerprint density at radius 1 is 1.50 bits per heavy atom. The Hall–Kier alpha value is -0.440. The summed E-state index contributed by atoms with van der Waals surface area (Å²) in [5.41, 5.74) is 5.04. The van der Waals surface area contributed by atoms with Crippen molar-refractivity contribution in [2.75, 3.05) is 0 Å². The van der Waals surface area contributed by atoms with E-state index < -0.39 is 0 Å². The van der Waals surface area contributed by atoms with E-state index >= 15 is 0 Å². The third-order valence-electron chi connectivity index (χ3n) is 2.78. The molecule has 0 bridgehead atoms. The first-order valence-corrected chi connectivity index (χ1v) is 7.47. The SMILES string of the molecule is CCn1nccc1C(NN)c1cc(I)ccc1Br. The van der Waals surface area contributed by atoms with Crippen LogP contribution in [0.3, 0.4) is 0 Å². The zero-order valence-electron chi connectivity index (χ0n) is 9.90. The lowest BCUT2D eigenvalue weighted by atomic mass is 10.0. The first-order chi connectivity index (χ1) is 8.67. The summed E-state index contributed by atoms with van der Waals surface area (Å²) in [6.07, 6.45) is 1.80. The van der Waals surface area contributed by atoms with E-state index in [0.717, 1.165) is 22.3 Å². The van der Waals surface area contributed by atoms with E-state index in [2.05, 4.69) is 68.1 Å². The van der Waals surface area contributed by atoms with Crippen LogP contribution in [0.5, 0.6) is 0 Å². The van der Waals surface area contributed by atoms with Crippen LogP contribution in [0.2, 0.25) is 0 Å². The number of nitrogens with two attached hydrogens (primary N) is 1. The molecule has 0 aliphatic heterocycles. The van der Waals surface area contributed by atoms with Gasteiger partial charge in [0, 0.05) is 20.8 Å². The molecule has 0 amide bonds. The summed E-state index contributed by atoms with van der Waals surface area (Å²) in [6.45, 7) is 2.88. The summed E-state index contributed by atoms with van der Waals surface area (Å²) in [7, 11) is 0. The van der Waals surface area contributed by atoms with Crippen LogP contribution in [0.4, 0.5) is 0 Å². The molecule has 0 radical (unpaired) electrons. The van der Waals surface area contributed by atoms with E-state index in [-0.39, 0.29) is 6.04 Å². The van der Waals surface area contributed by atoms with Crippen LogP contribution in [0.25, 0.3) is 0 Å². The lowest BCUT2D eigenvalue weighted by Crippen LogP contribution is -2.31. The monoisotopic (exact) mass is 420 g/mol. The number of halogens is 2. The second-order valence-electron chi connectivity index (χ2n) is 3.84. The molecular weight excluding hydrogens is 407 g/mol. The van der Waals surface area contributed by atoms with Gasteiger partial charge in [-0.2, -0.15) is 5.10 Å². The molecule has 0 aliphatic carbocycles. The van der Waals surface area contributed by atoms with E-state index in [4.69, 9.17) is 5.84 Å². The van der Waals surface area contributed by atoms with Crippen LogP contribution in [0, 0.1) is 3.57 Å². The lowest BCUT2D eigenvalue weighted by Gasteiger charge is -2.19. The summed E-state index contributed by atoms with van der Waals surface area (Å²) >= 11 is 5.87. The van der Waals surface area contributed by atoms with Gasteiger partial charge >= 0.3 is 0 Å². The predicted octanol–water partition coefficient (Wildman–Crippen LogP) is 2.82. The maximum absolute atomic E-state index is 5.72. The van der Waals surface area contributed by atoms with Crippen LogP contribution >= 0.6 is 38.5 Å². The van der Waals surface area contributed by atoms with Crippen molar-refractivity contribution >= 4 is 38.5 Å². The van der Waals surface area contributed by atoms with Gasteiger partial charge < -0.3 is 0 Å². The third-order valence-corrected chi connectivity index (χ3v) is 4.17. The molecule has 0 aliphatic rings. The molecule has 0 saturated carbocycles. The number of aromatic nitrogens is 2. The maximum Gasteiger partial charge on any atom is 0.0889 e. The van der Waals surface area contributed by atoms with Gasteiger partial charge in [-0.05, 0) is 59.3 Å². The molecule has 1 aromatic carbocycles. The Bertz CT molecular complexity index is 541. The minimum absolute atomic E-state index is 0.0726. The number of hydrogen-bond acceptors (Lipinski definition) is 3. The molecule has 96 valence electrons. The van der Waals surface area contributed by atoms with E-state index in [9.17, 15) is 0 Å². The molecule has 1 aromatic heterocycles. The molecule has 18 heavy (non-hydrogen) atoms. The number of aryl methyl sites for hydroxylation is 1. The molecule has 2 rings (SSSR count). The highest BCUT2D eigenvalue weighted by molar-refractivity contribution is 14.1. The van der Waals surface area contributed by atoms with Crippen molar-refractivity contribution in [1.29, 1.82) is 0 Å². The fraction of sp³-hybridized carbons (Fsp3) is 0.250. The molecule has 1 unspecified atom stereocenters. The lowest BCUT2D eigenvalue weighted by molar-refractivity contribution is 0.542. The van der Waals surface area contributed by atoms with Crippen molar-refractivity contribution in [2.24, 2.45) is 5.84 Å². The van der Waals surface area contributed by atoms with E-state index in [0.29, 0.717) is 0 Å². The Morgan fingerprint density at radius 3 is 2.94 bits per heavy atom. The topological polar surface area (TPSA) is 55.9 Å². The maximum atomic E-state index is 5.72. The zero-order chi connectivity index (χ0) is 13.1. The van der Waals surface area contributed by atoms with Crippen molar-refractivity contribution < 1.29 is 0 Å². The Kier molecular flexibility index (Phi) is 4.77. The highest BCUT2D eigenvalue weighted by Crippen LogP contribution is 2.29. The molecule has 0 fully saturated rings. The van der Waals surface area contributed by atoms with Crippen molar-refractivity contribution in [3.05, 3.63) is 49.8 Å². The standard InChI is InChI=1S/C12H14BrIN4/c1-2-18-11(5-6-16-18)12(17-15)9-7-8(14)3-4-10(9)13/h3-7,12,17H,2,15H2,1H3. The molecule has 6 heteroatoms. The second-order valence-corrected chi connectivity index (χ2v) is 5.94. The Morgan fingerprint density at radius 2 is 2.28 bits per heavy atom. The average Bonchev–Trinajstić information content (AvgIpc) is 2.83. The fourth-order valence-corrected chi connectivity index (χ4v) is 2.91. The van der Waals surface area contributed by atoms with Crippen LogP contribution < -0.4 is 11.3 Å². The van der Waals surface area contributed by atoms with Crippen molar-refractivity contribution in [2.45, 2.75) is 19.5 Å². The smallest absolute Gasteiger partial charge is 0.0889 e. The molecule has 3 N–H and O–H groups in total. The highest BCUT2D eigenvalue weighted by atomic mass is 127. The predicted molar refractivity (Wildman–Crippen MR) is 83.9 cm³/mol. The number of nitrogens with zero attached hydrogens (tertiary/aromatic N) is 2. The van der Waals surface area contributed by atoms with Crippen LogP contribution in [0.1, 0.15) is 24.2 Å². The van der Waals surface area contributed by atoms with Gasteiger partial charge in [-0.3, -0.25) is 10.5 Å². The average molecular weight is 421 g/mol. The van der Waals surface area contributed by atoms with Gasteiger partial charge in [-0.15, -0.1) is 0 Å². The number of benzene rings is 1. The van der Waals surface area contributed by atoms with Crippen molar-refractivity contribution in [1.82, 2.24) is 15.2 Å². The van der Waals surface area contributed by atoms with E-state index in [1.54, 1.807) is 6.20 Å². The molecule has 1 heterocycles. The van der Waals surface area contributed by atoms with E-state index in [1.165, 1.54) is 3.57 Å². The van der Waals surface area contributed by atoms with Crippen LogP contribution in [0.15, 0.2) is 34.9 Å². The summed E-state index contributed by atoms with van der Waals surface area (Å²) in [6, 6.07) is 8.12. The fourth-order valence-electron chi connectivity index (χ4n) is 1.92. The normalized spacial score (nSPS) is 12.7. The van der Waals surface area contributed by atoms with Gasteiger partial charge in [0.05, 0.1) is 11.7 Å². The van der Waals surface area contributed by atoms with Crippen molar-refractivity contribution in [3.8, 4) is 0 Å². The molecule has 4 nitrogen and oxygen atoms in total. The van der Waals surface area contributed by atoms with Gasteiger partial charge in [0.15, 0.2) is 0 Å². The first-order valence-electron chi connectivity index (χ1n) is 5.60. The second kappa shape index (κ2) is 6.14.